The van der Waals surface area contributed by atoms with Crippen LogP contribution in [0.3, 0.4) is 0 Å². The number of amides is 1. The molecule has 25 heavy (non-hydrogen) atoms. The predicted octanol–water partition coefficient (Wildman–Crippen LogP) is 3.59. The van der Waals surface area contributed by atoms with Crippen molar-refractivity contribution in [3.8, 4) is 0 Å². The molecule has 1 aromatic carbocycles. The number of carbonyl (C=O) groups excluding carboxylic acids is 1. The Balaban J connectivity index is 1.49. The Labute approximate surface area is 149 Å². The van der Waals surface area contributed by atoms with Crippen LogP contribution in [0, 0.1) is 25.7 Å². The summed E-state index contributed by atoms with van der Waals surface area (Å²) in [5, 5.41) is 7.77. The summed E-state index contributed by atoms with van der Waals surface area (Å²) < 4.78 is 1.80. The Hall–Kier alpha value is -2.10. The highest BCUT2D eigenvalue weighted by Crippen LogP contribution is 2.54. The van der Waals surface area contributed by atoms with Gasteiger partial charge in [0.1, 0.15) is 6.54 Å². The molecule has 4 nitrogen and oxygen atoms in total. The Morgan fingerprint density at radius 3 is 2.56 bits per heavy atom. The maximum atomic E-state index is 12.7. The van der Waals surface area contributed by atoms with E-state index in [0.717, 1.165) is 17.3 Å². The zero-order valence-corrected chi connectivity index (χ0v) is 15.1. The number of rotatable bonds is 4. The molecule has 2 saturated carbocycles. The van der Waals surface area contributed by atoms with E-state index in [0.29, 0.717) is 18.4 Å². The second kappa shape index (κ2) is 6.66. The smallest absolute Gasteiger partial charge is 0.241 e. The number of benzene rings is 1. The highest BCUT2D eigenvalue weighted by Gasteiger charge is 2.51. The summed E-state index contributed by atoms with van der Waals surface area (Å²) in [6.45, 7) is 4.28. The molecule has 4 atom stereocenters. The van der Waals surface area contributed by atoms with Crippen LogP contribution in [0.25, 0.3) is 0 Å². The van der Waals surface area contributed by atoms with E-state index in [4.69, 9.17) is 0 Å². The molecule has 1 aromatic heterocycles. The summed E-state index contributed by atoms with van der Waals surface area (Å²) in [6.07, 6.45) is 5.18. The molecule has 1 N–H and O–H groups in total. The molecule has 1 amide bonds. The van der Waals surface area contributed by atoms with Crippen LogP contribution in [0.1, 0.15) is 48.6 Å². The lowest BCUT2D eigenvalue weighted by molar-refractivity contribution is -0.125. The van der Waals surface area contributed by atoms with E-state index in [-0.39, 0.29) is 11.9 Å². The molecular weight excluding hydrogens is 310 g/mol. The number of hydrogen-bond donors (Lipinski definition) is 1. The third kappa shape index (κ3) is 3.10. The largest absolute Gasteiger partial charge is 0.351 e. The number of carbonyl (C=O) groups is 1. The lowest BCUT2D eigenvalue weighted by atomic mass is 9.53. The number of aromatic nitrogens is 2. The highest BCUT2D eigenvalue weighted by atomic mass is 16.2. The lowest BCUT2D eigenvalue weighted by Crippen LogP contribution is -2.59. The third-order valence-corrected chi connectivity index (χ3v) is 6.09. The standard InChI is InChI=1S/C21H27N3O/c1-14-12-15(2)24(23-14)13-19(25)22-21-18-11-7-6-10-17(18)20(21)16-8-4-3-5-9-16/h3-5,8-9,12,17-18,20-21H,6-7,10-11,13H2,1-2H3,(H,22,25)/t17?,18?,20-,21-/m0/s1. The van der Waals surface area contributed by atoms with E-state index in [1.807, 2.05) is 19.9 Å². The zero-order chi connectivity index (χ0) is 17.4. The molecule has 4 heteroatoms. The minimum absolute atomic E-state index is 0.0844. The van der Waals surface area contributed by atoms with Crippen LogP contribution in [-0.4, -0.2) is 21.7 Å². The van der Waals surface area contributed by atoms with Crippen molar-refractivity contribution in [2.45, 2.75) is 58.0 Å². The molecule has 2 aliphatic rings. The van der Waals surface area contributed by atoms with Gasteiger partial charge in [0.2, 0.25) is 5.91 Å². The zero-order valence-electron chi connectivity index (χ0n) is 15.1. The SMILES string of the molecule is Cc1cc(C)n(CC(=O)N[C@H]2C3CCCCC3[C@@H]2c2ccccc2)n1. The molecule has 0 saturated heterocycles. The summed E-state index contributed by atoms with van der Waals surface area (Å²) in [7, 11) is 0. The molecule has 0 spiro atoms. The van der Waals surface area contributed by atoms with Crippen molar-refractivity contribution in [1.82, 2.24) is 15.1 Å². The summed E-state index contributed by atoms with van der Waals surface area (Å²) in [6, 6.07) is 13.0. The second-order valence-corrected chi connectivity index (χ2v) is 7.73. The van der Waals surface area contributed by atoms with Gasteiger partial charge in [-0.2, -0.15) is 5.10 Å². The molecule has 2 aliphatic carbocycles. The summed E-state index contributed by atoms with van der Waals surface area (Å²) >= 11 is 0. The minimum Gasteiger partial charge on any atom is -0.351 e. The monoisotopic (exact) mass is 337 g/mol. The summed E-state index contributed by atoms with van der Waals surface area (Å²) in [5.74, 6) is 1.93. The van der Waals surface area contributed by atoms with E-state index < -0.39 is 0 Å². The number of aryl methyl sites for hydroxylation is 2. The van der Waals surface area contributed by atoms with Crippen LogP contribution in [0.2, 0.25) is 0 Å². The van der Waals surface area contributed by atoms with Crippen molar-refractivity contribution >= 4 is 5.91 Å². The fourth-order valence-corrected chi connectivity index (χ4v) is 5.00. The van der Waals surface area contributed by atoms with Crippen LogP contribution in [0.15, 0.2) is 36.4 Å². The van der Waals surface area contributed by atoms with Gasteiger partial charge in [-0.05, 0) is 50.2 Å². The van der Waals surface area contributed by atoms with Crippen LogP contribution < -0.4 is 5.32 Å². The van der Waals surface area contributed by atoms with Gasteiger partial charge >= 0.3 is 0 Å². The highest BCUT2D eigenvalue weighted by molar-refractivity contribution is 5.76. The first-order valence-electron chi connectivity index (χ1n) is 9.49. The van der Waals surface area contributed by atoms with Crippen molar-refractivity contribution in [3.05, 3.63) is 53.3 Å². The molecule has 132 valence electrons. The van der Waals surface area contributed by atoms with Gasteiger partial charge in [0.25, 0.3) is 0 Å². The molecule has 2 unspecified atom stereocenters. The molecule has 2 fully saturated rings. The second-order valence-electron chi connectivity index (χ2n) is 7.73. The molecule has 4 rings (SSSR count). The van der Waals surface area contributed by atoms with E-state index in [9.17, 15) is 4.79 Å². The fraction of sp³-hybridized carbons (Fsp3) is 0.524. The van der Waals surface area contributed by atoms with E-state index in [2.05, 4.69) is 40.7 Å². The number of fused-ring (bicyclic) bond motifs is 1. The van der Waals surface area contributed by atoms with Crippen LogP contribution in [-0.2, 0) is 11.3 Å². The van der Waals surface area contributed by atoms with Crippen molar-refractivity contribution in [2.75, 3.05) is 0 Å². The Bertz CT molecular complexity index is 752. The minimum atomic E-state index is 0.0844. The maximum absolute atomic E-state index is 12.7. The van der Waals surface area contributed by atoms with Crippen molar-refractivity contribution in [3.63, 3.8) is 0 Å². The fourth-order valence-electron chi connectivity index (χ4n) is 5.00. The van der Waals surface area contributed by atoms with Gasteiger partial charge in [-0.1, -0.05) is 43.2 Å². The first-order chi connectivity index (χ1) is 12.1. The van der Waals surface area contributed by atoms with Gasteiger partial charge < -0.3 is 5.32 Å². The molecule has 0 aliphatic heterocycles. The van der Waals surface area contributed by atoms with Crippen LogP contribution >= 0.6 is 0 Å². The maximum Gasteiger partial charge on any atom is 0.241 e. The number of nitrogens with one attached hydrogen (secondary N) is 1. The topological polar surface area (TPSA) is 46.9 Å². The molecule has 1 heterocycles. The lowest BCUT2D eigenvalue weighted by Gasteiger charge is -2.55. The van der Waals surface area contributed by atoms with E-state index in [1.165, 1.54) is 31.2 Å². The van der Waals surface area contributed by atoms with Gasteiger partial charge in [-0.25, -0.2) is 0 Å². The third-order valence-electron chi connectivity index (χ3n) is 6.09. The Morgan fingerprint density at radius 2 is 1.88 bits per heavy atom. The van der Waals surface area contributed by atoms with Gasteiger partial charge in [0.05, 0.1) is 5.69 Å². The average molecular weight is 337 g/mol. The predicted molar refractivity (Wildman–Crippen MR) is 98.3 cm³/mol. The van der Waals surface area contributed by atoms with Crippen LogP contribution in [0.4, 0.5) is 0 Å². The average Bonchev–Trinajstić information content (AvgIpc) is 2.91. The summed E-state index contributed by atoms with van der Waals surface area (Å²) in [4.78, 5) is 12.7. The molecule has 0 bridgehead atoms. The van der Waals surface area contributed by atoms with Crippen molar-refractivity contribution in [1.29, 1.82) is 0 Å². The van der Waals surface area contributed by atoms with Gasteiger partial charge in [0.15, 0.2) is 0 Å². The first-order valence-corrected chi connectivity index (χ1v) is 9.49. The van der Waals surface area contributed by atoms with Gasteiger partial charge in [-0.15, -0.1) is 0 Å². The van der Waals surface area contributed by atoms with E-state index in [1.54, 1.807) is 4.68 Å². The van der Waals surface area contributed by atoms with E-state index >= 15 is 0 Å². The number of hydrogen-bond acceptors (Lipinski definition) is 2. The first kappa shape index (κ1) is 16.4. The quantitative estimate of drug-likeness (QED) is 0.927. The van der Waals surface area contributed by atoms with Gasteiger partial charge in [-0.3, -0.25) is 9.48 Å². The number of nitrogens with zero attached hydrogens (tertiary/aromatic N) is 2. The van der Waals surface area contributed by atoms with Gasteiger partial charge in [0, 0.05) is 17.7 Å². The Kier molecular flexibility index (Phi) is 4.36. The molecule has 2 aromatic rings. The van der Waals surface area contributed by atoms with Crippen molar-refractivity contribution in [2.24, 2.45) is 11.8 Å². The molecule has 0 radical (unpaired) electrons. The normalized spacial score (nSPS) is 28.1. The molecular formula is C21H27N3O. The summed E-state index contributed by atoms with van der Waals surface area (Å²) in [5.41, 5.74) is 3.38. The van der Waals surface area contributed by atoms with Crippen molar-refractivity contribution < 1.29 is 4.79 Å². The van der Waals surface area contributed by atoms with Crippen LogP contribution in [0.5, 0.6) is 0 Å². The Morgan fingerprint density at radius 1 is 1.16 bits per heavy atom.